The summed E-state index contributed by atoms with van der Waals surface area (Å²) in [5.74, 6) is -0.0438. The summed E-state index contributed by atoms with van der Waals surface area (Å²) in [6.45, 7) is 2.26. The number of phenolic OH excluding ortho intramolecular Hbond substituents is 1. The van der Waals surface area contributed by atoms with E-state index in [0.717, 1.165) is 19.3 Å². The van der Waals surface area contributed by atoms with E-state index in [9.17, 15) is 9.90 Å². The van der Waals surface area contributed by atoms with Crippen LogP contribution in [0, 0.1) is 0 Å². The minimum atomic E-state index is -0.834. The topological polar surface area (TPSA) is 66.8 Å². The molecule has 1 aromatic carbocycles. The fourth-order valence-electron chi connectivity index (χ4n) is 3.68. The molecule has 166 valence electrons. The van der Waals surface area contributed by atoms with Crippen molar-refractivity contribution in [2.24, 2.45) is 0 Å². The second-order valence-electron chi connectivity index (χ2n) is 8.22. The standard InChI is InChI=1S/C25H42O4/c1-2-3-4-5-6-7-8-9-10-11-12-13-14-15-16-24(21-25(27)28)29-23-19-17-22(26)18-20-23/h17-20,24,26H,2-16,21H2,1H3,(H,27,28). The van der Waals surface area contributed by atoms with Crippen LogP contribution in [0.1, 0.15) is 110 Å². The largest absolute Gasteiger partial charge is 0.508 e. The molecule has 1 atom stereocenters. The number of carboxylic acids is 1. The first-order valence-corrected chi connectivity index (χ1v) is 11.8. The quantitative estimate of drug-likeness (QED) is 0.234. The summed E-state index contributed by atoms with van der Waals surface area (Å²) in [4.78, 5) is 11.1. The van der Waals surface area contributed by atoms with Crippen molar-refractivity contribution < 1.29 is 19.7 Å². The van der Waals surface area contributed by atoms with Crippen LogP contribution >= 0.6 is 0 Å². The highest BCUT2D eigenvalue weighted by Gasteiger charge is 2.15. The van der Waals surface area contributed by atoms with Crippen LogP contribution in [0.2, 0.25) is 0 Å². The van der Waals surface area contributed by atoms with Crippen molar-refractivity contribution in [3.05, 3.63) is 24.3 Å². The van der Waals surface area contributed by atoms with Gasteiger partial charge in [-0.3, -0.25) is 4.79 Å². The van der Waals surface area contributed by atoms with Gasteiger partial charge in [-0.1, -0.05) is 90.4 Å². The Hall–Kier alpha value is -1.71. The number of benzene rings is 1. The van der Waals surface area contributed by atoms with Crippen molar-refractivity contribution in [3.63, 3.8) is 0 Å². The van der Waals surface area contributed by atoms with Gasteiger partial charge in [-0.25, -0.2) is 0 Å². The van der Waals surface area contributed by atoms with Gasteiger partial charge in [0.05, 0.1) is 6.42 Å². The predicted octanol–water partition coefficient (Wildman–Crippen LogP) is 7.49. The zero-order valence-corrected chi connectivity index (χ0v) is 18.4. The van der Waals surface area contributed by atoms with Crippen LogP contribution in [0.25, 0.3) is 0 Å². The van der Waals surface area contributed by atoms with Crippen LogP contribution < -0.4 is 4.74 Å². The lowest BCUT2D eigenvalue weighted by molar-refractivity contribution is -0.138. The van der Waals surface area contributed by atoms with Crippen molar-refractivity contribution in [3.8, 4) is 11.5 Å². The van der Waals surface area contributed by atoms with Gasteiger partial charge < -0.3 is 14.9 Å². The van der Waals surface area contributed by atoms with Crippen molar-refractivity contribution in [2.75, 3.05) is 0 Å². The number of rotatable bonds is 19. The summed E-state index contributed by atoms with van der Waals surface area (Å²) in [6.07, 6.45) is 18.8. The molecule has 0 bridgehead atoms. The molecule has 1 rings (SSSR count). The fraction of sp³-hybridized carbons (Fsp3) is 0.720. The van der Waals surface area contributed by atoms with E-state index in [-0.39, 0.29) is 18.3 Å². The van der Waals surface area contributed by atoms with Crippen LogP contribution in [-0.2, 0) is 4.79 Å². The van der Waals surface area contributed by atoms with Gasteiger partial charge in [-0.15, -0.1) is 0 Å². The number of phenols is 1. The third kappa shape index (κ3) is 14.9. The zero-order chi connectivity index (χ0) is 21.2. The molecule has 4 nitrogen and oxygen atoms in total. The number of unbranched alkanes of at least 4 members (excludes halogenated alkanes) is 13. The lowest BCUT2D eigenvalue weighted by Crippen LogP contribution is -2.20. The Labute approximate surface area is 177 Å². The number of hydrogen-bond acceptors (Lipinski definition) is 3. The van der Waals surface area contributed by atoms with Crippen LogP contribution in [0.15, 0.2) is 24.3 Å². The maximum atomic E-state index is 11.1. The molecule has 0 amide bonds. The number of aromatic hydroxyl groups is 1. The molecule has 1 aromatic rings. The van der Waals surface area contributed by atoms with Gasteiger partial charge in [0.2, 0.25) is 0 Å². The van der Waals surface area contributed by atoms with E-state index >= 15 is 0 Å². The number of hydrogen-bond donors (Lipinski definition) is 2. The summed E-state index contributed by atoms with van der Waals surface area (Å²) in [5.41, 5.74) is 0. The zero-order valence-electron chi connectivity index (χ0n) is 18.4. The molecule has 0 radical (unpaired) electrons. The minimum Gasteiger partial charge on any atom is -0.508 e. The molecule has 0 saturated heterocycles. The third-order valence-corrected chi connectivity index (χ3v) is 5.42. The normalized spacial score (nSPS) is 12.0. The number of ether oxygens (including phenoxy) is 1. The molecule has 0 heterocycles. The highest BCUT2D eigenvalue weighted by atomic mass is 16.5. The second-order valence-corrected chi connectivity index (χ2v) is 8.22. The maximum absolute atomic E-state index is 11.1. The summed E-state index contributed by atoms with van der Waals surface area (Å²) in [5, 5.41) is 18.4. The molecule has 0 saturated carbocycles. The molecule has 0 aliphatic rings. The van der Waals surface area contributed by atoms with E-state index in [1.165, 1.54) is 77.0 Å². The summed E-state index contributed by atoms with van der Waals surface area (Å²) >= 11 is 0. The maximum Gasteiger partial charge on any atom is 0.307 e. The monoisotopic (exact) mass is 406 g/mol. The van der Waals surface area contributed by atoms with E-state index in [1.54, 1.807) is 24.3 Å². The summed E-state index contributed by atoms with van der Waals surface area (Å²) < 4.78 is 5.80. The van der Waals surface area contributed by atoms with Gasteiger partial charge in [0.25, 0.3) is 0 Å². The van der Waals surface area contributed by atoms with Crippen molar-refractivity contribution in [2.45, 2.75) is 116 Å². The Morgan fingerprint density at radius 3 is 1.69 bits per heavy atom. The molecule has 0 spiro atoms. The van der Waals surface area contributed by atoms with Crippen LogP contribution in [0.5, 0.6) is 11.5 Å². The minimum absolute atomic E-state index is 0.0132. The number of carboxylic acid groups (broad SMARTS) is 1. The van der Waals surface area contributed by atoms with Gasteiger partial charge >= 0.3 is 5.97 Å². The average Bonchev–Trinajstić information content (AvgIpc) is 2.69. The Kier molecular flexibility index (Phi) is 15.0. The van der Waals surface area contributed by atoms with E-state index in [0.29, 0.717) is 5.75 Å². The first-order valence-electron chi connectivity index (χ1n) is 11.8. The van der Waals surface area contributed by atoms with Crippen molar-refractivity contribution in [1.29, 1.82) is 0 Å². The molecular formula is C25H42O4. The average molecular weight is 407 g/mol. The number of aliphatic carboxylic acids is 1. The number of carbonyl (C=O) groups is 1. The summed E-state index contributed by atoms with van der Waals surface area (Å²) in [6, 6.07) is 6.46. The summed E-state index contributed by atoms with van der Waals surface area (Å²) in [7, 11) is 0. The lowest BCUT2D eigenvalue weighted by Gasteiger charge is -2.17. The molecule has 4 heteroatoms. The van der Waals surface area contributed by atoms with E-state index in [1.807, 2.05) is 0 Å². The fourth-order valence-corrected chi connectivity index (χ4v) is 3.68. The van der Waals surface area contributed by atoms with Gasteiger partial charge in [0.1, 0.15) is 17.6 Å². The lowest BCUT2D eigenvalue weighted by atomic mass is 10.0. The highest BCUT2D eigenvalue weighted by Crippen LogP contribution is 2.21. The molecule has 29 heavy (non-hydrogen) atoms. The first kappa shape index (κ1) is 25.3. The first-order chi connectivity index (χ1) is 14.1. The van der Waals surface area contributed by atoms with Gasteiger partial charge in [0.15, 0.2) is 0 Å². The Morgan fingerprint density at radius 1 is 0.793 bits per heavy atom. The van der Waals surface area contributed by atoms with E-state index in [2.05, 4.69) is 6.92 Å². The molecule has 0 aromatic heterocycles. The molecule has 0 fully saturated rings. The van der Waals surface area contributed by atoms with Gasteiger partial charge in [-0.2, -0.15) is 0 Å². The van der Waals surface area contributed by atoms with E-state index in [4.69, 9.17) is 9.84 Å². The Balaban J connectivity index is 2.01. The molecule has 2 N–H and O–H groups in total. The van der Waals surface area contributed by atoms with Crippen molar-refractivity contribution >= 4 is 5.97 Å². The molecule has 0 aliphatic carbocycles. The van der Waals surface area contributed by atoms with E-state index < -0.39 is 5.97 Å². The molecular weight excluding hydrogens is 364 g/mol. The third-order valence-electron chi connectivity index (χ3n) is 5.42. The smallest absolute Gasteiger partial charge is 0.307 e. The van der Waals surface area contributed by atoms with Gasteiger partial charge in [-0.05, 0) is 37.1 Å². The van der Waals surface area contributed by atoms with Crippen LogP contribution in [0.3, 0.4) is 0 Å². The SMILES string of the molecule is CCCCCCCCCCCCCCCCC(CC(=O)O)Oc1ccc(O)cc1. The second kappa shape index (κ2) is 17.2. The Bertz CT molecular complexity index is 512. The predicted molar refractivity (Wildman–Crippen MR) is 120 cm³/mol. The van der Waals surface area contributed by atoms with Gasteiger partial charge in [0, 0.05) is 0 Å². The van der Waals surface area contributed by atoms with Crippen LogP contribution in [-0.4, -0.2) is 22.3 Å². The van der Waals surface area contributed by atoms with Crippen LogP contribution in [0.4, 0.5) is 0 Å². The Morgan fingerprint density at radius 2 is 1.24 bits per heavy atom. The molecule has 1 unspecified atom stereocenters. The molecule has 0 aliphatic heterocycles. The van der Waals surface area contributed by atoms with Crippen molar-refractivity contribution in [1.82, 2.24) is 0 Å². The highest BCUT2D eigenvalue weighted by molar-refractivity contribution is 5.67.